The van der Waals surface area contributed by atoms with E-state index < -0.39 is 0 Å². The van der Waals surface area contributed by atoms with Gasteiger partial charge < -0.3 is 9.47 Å². The molecular formula is C29H24N2O4S. The van der Waals surface area contributed by atoms with E-state index in [4.69, 9.17) is 9.47 Å². The predicted molar refractivity (Wildman–Crippen MR) is 138 cm³/mol. The summed E-state index contributed by atoms with van der Waals surface area (Å²) in [5, 5.41) is 0.562. The largest absolute Gasteiger partial charge is 0.491 e. The van der Waals surface area contributed by atoms with Gasteiger partial charge >= 0.3 is 0 Å². The normalized spacial score (nSPS) is 16.4. The molecule has 0 spiro atoms. The second kappa shape index (κ2) is 8.91. The Kier molecular flexibility index (Phi) is 5.57. The lowest BCUT2D eigenvalue weighted by atomic mass is 10.0. The molecule has 1 atom stereocenters. The highest BCUT2D eigenvalue weighted by atomic mass is 32.1. The summed E-state index contributed by atoms with van der Waals surface area (Å²) in [5.41, 5.74) is 4.23. The average Bonchev–Trinajstić information content (AvgIpc) is 3.57. The summed E-state index contributed by atoms with van der Waals surface area (Å²) in [4.78, 5) is 32.9. The third-order valence-electron chi connectivity index (χ3n) is 6.50. The van der Waals surface area contributed by atoms with E-state index in [0.29, 0.717) is 22.1 Å². The highest BCUT2D eigenvalue weighted by Crippen LogP contribution is 2.42. The van der Waals surface area contributed by atoms with Crippen molar-refractivity contribution in [2.24, 2.45) is 0 Å². The van der Waals surface area contributed by atoms with E-state index in [0.717, 1.165) is 40.2 Å². The zero-order valence-corrected chi connectivity index (χ0v) is 20.7. The predicted octanol–water partition coefficient (Wildman–Crippen LogP) is 6.67. The van der Waals surface area contributed by atoms with Gasteiger partial charge in [0.05, 0.1) is 28.1 Å². The number of aryl methyl sites for hydroxylation is 1. The van der Waals surface area contributed by atoms with Crippen LogP contribution in [-0.2, 0) is 6.42 Å². The Hall–Kier alpha value is -3.97. The number of benzene rings is 3. The van der Waals surface area contributed by atoms with Gasteiger partial charge in [-0.05, 0) is 85.8 Å². The third kappa shape index (κ3) is 3.95. The van der Waals surface area contributed by atoms with Crippen molar-refractivity contribution in [3.63, 3.8) is 0 Å². The smallest absolute Gasteiger partial charge is 0.279 e. The van der Waals surface area contributed by atoms with Gasteiger partial charge in [-0.3, -0.25) is 14.5 Å². The maximum absolute atomic E-state index is 13.0. The molecule has 6 nitrogen and oxygen atoms in total. The SMILES string of the molecule is CC(C)Oc1ccc(Oc2ncc(-c3ccc4c(c3)CCC4N3C(=O)c4ccccc4C3=O)s2)cc1. The fourth-order valence-corrected chi connectivity index (χ4v) is 5.69. The molecule has 6 rings (SSSR count). The number of fused-ring (bicyclic) bond motifs is 2. The molecule has 0 bridgehead atoms. The van der Waals surface area contributed by atoms with Crippen molar-refractivity contribution >= 4 is 23.2 Å². The Morgan fingerprint density at radius 3 is 2.33 bits per heavy atom. The lowest BCUT2D eigenvalue weighted by Gasteiger charge is -2.23. The quantitative estimate of drug-likeness (QED) is 0.279. The molecule has 3 aromatic carbocycles. The van der Waals surface area contributed by atoms with E-state index >= 15 is 0 Å². The van der Waals surface area contributed by atoms with Gasteiger partial charge in [0.2, 0.25) is 0 Å². The number of rotatable bonds is 6. The van der Waals surface area contributed by atoms with Gasteiger partial charge in [-0.2, -0.15) is 0 Å². The van der Waals surface area contributed by atoms with Crippen LogP contribution in [0.5, 0.6) is 16.7 Å². The fraction of sp³-hybridized carbons (Fsp3) is 0.207. The van der Waals surface area contributed by atoms with Crippen LogP contribution >= 0.6 is 11.3 Å². The van der Waals surface area contributed by atoms with Crippen LogP contribution in [0.2, 0.25) is 0 Å². The van der Waals surface area contributed by atoms with Gasteiger partial charge in [0.15, 0.2) is 0 Å². The molecule has 2 heterocycles. The number of aromatic nitrogens is 1. The molecule has 2 amide bonds. The van der Waals surface area contributed by atoms with Crippen LogP contribution in [0.25, 0.3) is 10.4 Å². The number of thiazole rings is 1. The molecule has 36 heavy (non-hydrogen) atoms. The number of carbonyl (C=O) groups is 2. The first-order valence-corrected chi connectivity index (χ1v) is 12.8. The molecule has 1 aliphatic carbocycles. The van der Waals surface area contributed by atoms with E-state index in [1.807, 2.05) is 56.4 Å². The molecule has 4 aromatic rings. The van der Waals surface area contributed by atoms with Gasteiger partial charge in [0.25, 0.3) is 17.0 Å². The first-order chi connectivity index (χ1) is 17.5. The fourth-order valence-electron chi connectivity index (χ4n) is 4.91. The van der Waals surface area contributed by atoms with Gasteiger partial charge in [-0.1, -0.05) is 35.6 Å². The standard InChI is InChI=1S/C29H24N2O4S/c1-17(2)34-20-9-11-21(12-10-20)35-29-30-16-26(36-29)19-7-13-22-18(15-19)8-14-25(22)31-27(32)23-5-3-4-6-24(23)28(31)33/h3-7,9-13,15-17,25H,8,14H2,1-2H3. The van der Waals surface area contributed by atoms with Crippen LogP contribution < -0.4 is 9.47 Å². The number of carbonyl (C=O) groups excluding carboxylic acids is 2. The molecule has 1 unspecified atom stereocenters. The third-order valence-corrected chi connectivity index (χ3v) is 7.42. The highest BCUT2D eigenvalue weighted by Gasteiger charge is 2.42. The summed E-state index contributed by atoms with van der Waals surface area (Å²) >= 11 is 1.48. The summed E-state index contributed by atoms with van der Waals surface area (Å²) < 4.78 is 11.6. The van der Waals surface area contributed by atoms with Gasteiger partial charge in [0.1, 0.15) is 11.5 Å². The summed E-state index contributed by atoms with van der Waals surface area (Å²) in [5.74, 6) is 1.09. The van der Waals surface area contributed by atoms with Crippen molar-refractivity contribution in [2.45, 2.75) is 38.8 Å². The maximum Gasteiger partial charge on any atom is 0.279 e. The van der Waals surface area contributed by atoms with Crippen LogP contribution in [0.3, 0.4) is 0 Å². The molecule has 1 aromatic heterocycles. The van der Waals surface area contributed by atoms with Crippen molar-refractivity contribution in [3.05, 3.63) is 95.2 Å². The number of nitrogens with zero attached hydrogens (tertiary/aromatic N) is 2. The molecular weight excluding hydrogens is 472 g/mol. The Morgan fingerprint density at radius 2 is 1.64 bits per heavy atom. The minimum atomic E-state index is -0.232. The average molecular weight is 497 g/mol. The monoisotopic (exact) mass is 496 g/mol. The lowest BCUT2D eigenvalue weighted by molar-refractivity contribution is 0.0582. The first kappa shape index (κ1) is 22.5. The number of imide groups is 1. The second-order valence-electron chi connectivity index (χ2n) is 9.22. The van der Waals surface area contributed by atoms with Crippen molar-refractivity contribution < 1.29 is 19.1 Å². The van der Waals surface area contributed by atoms with Crippen molar-refractivity contribution in [1.82, 2.24) is 9.88 Å². The van der Waals surface area contributed by atoms with Crippen LogP contribution in [0.1, 0.15) is 58.2 Å². The maximum atomic E-state index is 13.0. The highest BCUT2D eigenvalue weighted by molar-refractivity contribution is 7.16. The van der Waals surface area contributed by atoms with E-state index in [2.05, 4.69) is 11.1 Å². The Labute approximate surface area is 213 Å². The van der Waals surface area contributed by atoms with E-state index in [9.17, 15) is 9.59 Å². The first-order valence-electron chi connectivity index (χ1n) is 12.0. The number of hydrogen-bond acceptors (Lipinski definition) is 6. The van der Waals surface area contributed by atoms with Crippen LogP contribution in [-0.4, -0.2) is 27.8 Å². The molecule has 180 valence electrons. The van der Waals surface area contributed by atoms with Gasteiger partial charge in [0, 0.05) is 6.20 Å². The second-order valence-corrected chi connectivity index (χ2v) is 10.2. The molecule has 7 heteroatoms. The Morgan fingerprint density at radius 1 is 0.944 bits per heavy atom. The molecule has 0 saturated carbocycles. The minimum absolute atomic E-state index is 0.119. The lowest BCUT2D eigenvalue weighted by Crippen LogP contribution is -2.33. The van der Waals surface area contributed by atoms with Crippen LogP contribution in [0, 0.1) is 0 Å². The molecule has 0 N–H and O–H groups in total. The summed E-state index contributed by atoms with van der Waals surface area (Å²) in [6.07, 6.45) is 3.48. The zero-order chi connectivity index (χ0) is 24.8. The van der Waals surface area contributed by atoms with E-state index in [-0.39, 0.29) is 24.0 Å². The van der Waals surface area contributed by atoms with Crippen molar-refractivity contribution in [1.29, 1.82) is 0 Å². The van der Waals surface area contributed by atoms with E-state index in [1.54, 1.807) is 24.3 Å². The van der Waals surface area contributed by atoms with Crippen molar-refractivity contribution in [3.8, 4) is 27.1 Å². The van der Waals surface area contributed by atoms with Crippen molar-refractivity contribution in [2.75, 3.05) is 0 Å². The summed E-state index contributed by atoms with van der Waals surface area (Å²) in [6.45, 7) is 3.98. The topological polar surface area (TPSA) is 68.7 Å². The van der Waals surface area contributed by atoms with Crippen LogP contribution in [0.4, 0.5) is 0 Å². The molecule has 0 fully saturated rings. The number of ether oxygens (including phenoxy) is 2. The number of amides is 2. The molecule has 1 aliphatic heterocycles. The zero-order valence-electron chi connectivity index (χ0n) is 19.9. The van der Waals surface area contributed by atoms with E-state index in [1.165, 1.54) is 16.2 Å². The summed E-state index contributed by atoms with van der Waals surface area (Å²) in [7, 11) is 0. The Balaban J connectivity index is 1.19. The van der Waals surface area contributed by atoms with Gasteiger partial charge in [-0.15, -0.1) is 0 Å². The molecule has 2 aliphatic rings. The minimum Gasteiger partial charge on any atom is -0.491 e. The Bertz CT molecular complexity index is 1440. The van der Waals surface area contributed by atoms with Crippen LogP contribution in [0.15, 0.2) is 72.9 Å². The summed E-state index contributed by atoms with van der Waals surface area (Å²) in [6, 6.07) is 20.5. The molecule has 0 radical (unpaired) electrons. The molecule has 0 saturated heterocycles. The number of hydrogen-bond donors (Lipinski definition) is 0. The van der Waals surface area contributed by atoms with Gasteiger partial charge in [-0.25, -0.2) is 4.98 Å².